The SMILES string of the molecule is CN(C)C(=O)C(F)(F)C(c1ccc(F)cc1)C1C(=O)N(C)C(=O)N(C)C1=O. The summed E-state index contributed by atoms with van der Waals surface area (Å²) in [6.45, 7) is 0. The molecule has 1 unspecified atom stereocenters. The van der Waals surface area contributed by atoms with E-state index in [1.165, 1.54) is 0 Å². The van der Waals surface area contributed by atoms with Crippen LogP contribution in [0.1, 0.15) is 11.5 Å². The molecular formula is C17H18F3N3O4. The van der Waals surface area contributed by atoms with E-state index >= 15 is 8.78 Å². The van der Waals surface area contributed by atoms with Crippen LogP contribution in [0.5, 0.6) is 0 Å². The summed E-state index contributed by atoms with van der Waals surface area (Å²) in [6, 6.07) is 2.76. The molecule has 1 aliphatic heterocycles. The Morgan fingerprint density at radius 1 is 1.04 bits per heavy atom. The molecule has 27 heavy (non-hydrogen) atoms. The maximum absolute atomic E-state index is 15.1. The number of rotatable bonds is 4. The summed E-state index contributed by atoms with van der Waals surface area (Å²) in [6.07, 6.45) is 0. The van der Waals surface area contributed by atoms with E-state index in [1.54, 1.807) is 0 Å². The summed E-state index contributed by atoms with van der Waals surface area (Å²) in [5.41, 5.74) is -0.278. The minimum absolute atomic E-state index is 0.278. The normalized spacial score (nSPS) is 17.4. The Hall–Kier alpha value is -2.91. The van der Waals surface area contributed by atoms with Crippen LogP contribution < -0.4 is 0 Å². The highest BCUT2D eigenvalue weighted by molar-refractivity contribution is 6.16. The zero-order valence-electron chi connectivity index (χ0n) is 15.1. The van der Waals surface area contributed by atoms with Gasteiger partial charge in [-0.1, -0.05) is 12.1 Å². The van der Waals surface area contributed by atoms with Crippen LogP contribution in [0.2, 0.25) is 0 Å². The van der Waals surface area contributed by atoms with Gasteiger partial charge in [-0.05, 0) is 17.7 Å². The molecule has 0 saturated carbocycles. The summed E-state index contributed by atoms with van der Waals surface area (Å²) < 4.78 is 43.4. The van der Waals surface area contributed by atoms with Gasteiger partial charge in [0, 0.05) is 28.2 Å². The van der Waals surface area contributed by atoms with Crippen LogP contribution in [0.4, 0.5) is 18.0 Å². The number of barbiturate groups is 1. The lowest BCUT2D eigenvalue weighted by Gasteiger charge is -2.39. The Labute approximate surface area is 153 Å². The minimum atomic E-state index is -4.17. The summed E-state index contributed by atoms with van der Waals surface area (Å²) in [5.74, 6) is -13.1. The lowest BCUT2D eigenvalue weighted by atomic mass is 9.78. The molecule has 1 heterocycles. The van der Waals surface area contributed by atoms with Crippen molar-refractivity contribution in [3.05, 3.63) is 35.6 Å². The van der Waals surface area contributed by atoms with Crippen molar-refractivity contribution in [1.82, 2.24) is 14.7 Å². The van der Waals surface area contributed by atoms with Crippen LogP contribution in [-0.4, -0.2) is 72.6 Å². The van der Waals surface area contributed by atoms with Gasteiger partial charge in [-0.3, -0.25) is 24.2 Å². The van der Waals surface area contributed by atoms with Gasteiger partial charge in [0.05, 0.1) is 5.92 Å². The summed E-state index contributed by atoms with van der Waals surface area (Å²) in [4.78, 5) is 50.8. The number of nitrogens with zero attached hydrogens (tertiary/aromatic N) is 3. The lowest BCUT2D eigenvalue weighted by Crippen LogP contribution is -2.61. The molecule has 0 aliphatic carbocycles. The number of carbonyl (C=O) groups is 4. The number of hydrogen-bond donors (Lipinski definition) is 0. The maximum atomic E-state index is 15.1. The second-order valence-electron chi connectivity index (χ2n) is 6.41. The number of halogens is 3. The molecule has 0 N–H and O–H groups in total. The summed E-state index contributed by atoms with van der Waals surface area (Å²) in [7, 11) is 4.30. The van der Waals surface area contributed by atoms with Gasteiger partial charge < -0.3 is 4.90 Å². The lowest BCUT2D eigenvalue weighted by molar-refractivity contribution is -0.167. The fraction of sp³-hybridized carbons (Fsp3) is 0.412. The topological polar surface area (TPSA) is 78.0 Å². The molecule has 0 bridgehead atoms. The zero-order valence-corrected chi connectivity index (χ0v) is 15.1. The van der Waals surface area contributed by atoms with E-state index in [0.717, 1.165) is 52.5 Å². The number of benzene rings is 1. The molecule has 7 nitrogen and oxygen atoms in total. The molecule has 10 heteroatoms. The van der Waals surface area contributed by atoms with Crippen molar-refractivity contribution in [2.24, 2.45) is 5.92 Å². The fourth-order valence-corrected chi connectivity index (χ4v) is 2.93. The van der Waals surface area contributed by atoms with Crippen LogP contribution in [0.3, 0.4) is 0 Å². The first-order valence-electron chi connectivity index (χ1n) is 7.85. The van der Waals surface area contributed by atoms with Gasteiger partial charge >= 0.3 is 12.0 Å². The molecule has 0 radical (unpaired) electrons. The highest BCUT2D eigenvalue weighted by Crippen LogP contribution is 2.43. The molecule has 1 atom stereocenters. The van der Waals surface area contributed by atoms with Gasteiger partial charge in [0.25, 0.3) is 5.91 Å². The quantitative estimate of drug-likeness (QED) is 0.732. The predicted molar refractivity (Wildman–Crippen MR) is 87.2 cm³/mol. The van der Waals surface area contributed by atoms with E-state index in [4.69, 9.17) is 0 Å². The third-order valence-corrected chi connectivity index (χ3v) is 4.41. The first kappa shape index (κ1) is 20.4. The molecule has 0 aromatic heterocycles. The average molecular weight is 385 g/mol. The standard InChI is InChI=1S/C17H18F3N3O4/c1-21(2)15(26)17(19,20)12(9-5-7-10(18)8-6-9)11-13(24)22(3)16(27)23(4)14(11)25/h5-8,11-12H,1-4H3. The average Bonchev–Trinajstić information content (AvgIpc) is 2.62. The first-order valence-corrected chi connectivity index (χ1v) is 7.85. The van der Waals surface area contributed by atoms with E-state index < -0.39 is 47.3 Å². The molecule has 2 rings (SSSR count). The van der Waals surface area contributed by atoms with Crippen molar-refractivity contribution < 1.29 is 32.3 Å². The Kier molecular flexibility index (Phi) is 5.30. The Balaban J connectivity index is 2.67. The first-order chi connectivity index (χ1) is 12.4. The van der Waals surface area contributed by atoms with Crippen molar-refractivity contribution in [3.63, 3.8) is 0 Å². The molecule has 1 aliphatic rings. The van der Waals surface area contributed by atoms with E-state index in [0.29, 0.717) is 14.7 Å². The molecule has 1 saturated heterocycles. The van der Waals surface area contributed by atoms with Crippen molar-refractivity contribution in [2.75, 3.05) is 28.2 Å². The third-order valence-electron chi connectivity index (χ3n) is 4.41. The number of alkyl halides is 2. The maximum Gasteiger partial charge on any atom is 0.332 e. The number of carbonyl (C=O) groups excluding carboxylic acids is 4. The van der Waals surface area contributed by atoms with E-state index in [-0.39, 0.29) is 5.56 Å². The highest BCUT2D eigenvalue weighted by Gasteiger charge is 2.59. The van der Waals surface area contributed by atoms with Gasteiger partial charge in [-0.2, -0.15) is 8.78 Å². The summed E-state index contributed by atoms with van der Waals surface area (Å²) >= 11 is 0. The minimum Gasteiger partial charge on any atom is -0.344 e. The molecule has 146 valence electrons. The number of imide groups is 2. The number of amides is 5. The smallest absolute Gasteiger partial charge is 0.332 e. The molecule has 1 aromatic carbocycles. The highest BCUT2D eigenvalue weighted by atomic mass is 19.3. The van der Waals surface area contributed by atoms with Gasteiger partial charge in [0.1, 0.15) is 11.7 Å². The monoisotopic (exact) mass is 385 g/mol. The van der Waals surface area contributed by atoms with E-state index in [2.05, 4.69) is 0 Å². The van der Waals surface area contributed by atoms with Crippen molar-refractivity contribution in [3.8, 4) is 0 Å². The molecule has 1 aromatic rings. The van der Waals surface area contributed by atoms with Gasteiger partial charge in [-0.25, -0.2) is 9.18 Å². The van der Waals surface area contributed by atoms with Crippen LogP contribution in [0.25, 0.3) is 0 Å². The van der Waals surface area contributed by atoms with Gasteiger partial charge in [-0.15, -0.1) is 0 Å². The molecular weight excluding hydrogens is 367 g/mol. The summed E-state index contributed by atoms with van der Waals surface area (Å²) in [5, 5.41) is 0. The van der Waals surface area contributed by atoms with Crippen LogP contribution in [0, 0.1) is 11.7 Å². The van der Waals surface area contributed by atoms with E-state index in [1.807, 2.05) is 0 Å². The fourth-order valence-electron chi connectivity index (χ4n) is 2.93. The second-order valence-corrected chi connectivity index (χ2v) is 6.41. The number of urea groups is 1. The van der Waals surface area contributed by atoms with Crippen molar-refractivity contribution in [2.45, 2.75) is 11.8 Å². The Bertz CT molecular complexity index is 771. The van der Waals surface area contributed by atoms with Crippen molar-refractivity contribution >= 4 is 23.8 Å². The molecule has 5 amide bonds. The Morgan fingerprint density at radius 2 is 1.48 bits per heavy atom. The number of hydrogen-bond acceptors (Lipinski definition) is 4. The zero-order chi connectivity index (χ0) is 20.7. The van der Waals surface area contributed by atoms with Crippen LogP contribution in [-0.2, 0) is 14.4 Å². The molecule has 0 spiro atoms. The third kappa shape index (κ3) is 3.38. The van der Waals surface area contributed by atoms with Crippen LogP contribution in [0.15, 0.2) is 24.3 Å². The van der Waals surface area contributed by atoms with Crippen molar-refractivity contribution in [1.29, 1.82) is 0 Å². The molecule has 1 fully saturated rings. The van der Waals surface area contributed by atoms with E-state index in [9.17, 15) is 23.6 Å². The van der Waals surface area contributed by atoms with Crippen LogP contribution >= 0.6 is 0 Å². The van der Waals surface area contributed by atoms with Gasteiger partial charge in [0.15, 0.2) is 0 Å². The second kappa shape index (κ2) is 7.01. The predicted octanol–water partition coefficient (Wildman–Crippen LogP) is 1.30. The Morgan fingerprint density at radius 3 is 1.89 bits per heavy atom. The van der Waals surface area contributed by atoms with Gasteiger partial charge in [0.2, 0.25) is 11.8 Å². The largest absolute Gasteiger partial charge is 0.344 e.